The Morgan fingerprint density at radius 1 is 1.33 bits per heavy atom. The quantitative estimate of drug-likeness (QED) is 0.781. The molecule has 0 saturated heterocycles. The van der Waals surface area contributed by atoms with E-state index in [0.29, 0.717) is 5.75 Å². The lowest BCUT2D eigenvalue weighted by Gasteiger charge is -2.25. The van der Waals surface area contributed by atoms with Crippen LogP contribution in [-0.2, 0) is 5.54 Å². The summed E-state index contributed by atoms with van der Waals surface area (Å²) in [6.45, 7) is 0. The third kappa shape index (κ3) is 1.79. The van der Waals surface area contributed by atoms with Gasteiger partial charge in [-0.2, -0.15) is 0 Å². The second kappa shape index (κ2) is 3.74. The van der Waals surface area contributed by atoms with E-state index in [9.17, 15) is 5.11 Å². The lowest BCUT2D eigenvalue weighted by Crippen LogP contribution is -2.33. The van der Waals surface area contributed by atoms with Crippen molar-refractivity contribution >= 4 is 0 Å². The smallest absolute Gasteiger partial charge is 0.124 e. The van der Waals surface area contributed by atoms with Crippen LogP contribution >= 0.6 is 0 Å². The van der Waals surface area contributed by atoms with Gasteiger partial charge in [0, 0.05) is 17.2 Å². The number of methoxy groups -OCH3 is 1. The highest BCUT2D eigenvalue weighted by Crippen LogP contribution is 2.41. The van der Waals surface area contributed by atoms with Crippen molar-refractivity contribution in [1.82, 2.24) is 0 Å². The highest BCUT2D eigenvalue weighted by Gasteiger charge is 2.33. The molecule has 1 aliphatic rings. The van der Waals surface area contributed by atoms with Crippen LogP contribution < -0.4 is 10.5 Å². The van der Waals surface area contributed by atoms with Crippen molar-refractivity contribution in [2.24, 2.45) is 5.73 Å². The topological polar surface area (TPSA) is 55.5 Å². The van der Waals surface area contributed by atoms with Gasteiger partial charge in [-0.3, -0.25) is 0 Å². The van der Waals surface area contributed by atoms with Crippen molar-refractivity contribution < 1.29 is 9.84 Å². The highest BCUT2D eigenvalue weighted by atomic mass is 16.5. The fourth-order valence-electron chi connectivity index (χ4n) is 2.33. The summed E-state index contributed by atoms with van der Waals surface area (Å²) in [6.07, 6.45) is 4.18. The van der Waals surface area contributed by atoms with Gasteiger partial charge in [0.2, 0.25) is 0 Å². The summed E-state index contributed by atoms with van der Waals surface area (Å²) in [6, 6.07) is 5.35. The lowest BCUT2D eigenvalue weighted by molar-refractivity contribution is 0.391. The molecule has 3 nitrogen and oxygen atoms in total. The van der Waals surface area contributed by atoms with Gasteiger partial charge >= 0.3 is 0 Å². The van der Waals surface area contributed by atoms with Crippen LogP contribution in [0.25, 0.3) is 0 Å². The van der Waals surface area contributed by atoms with Crippen LogP contribution in [0.1, 0.15) is 31.2 Å². The van der Waals surface area contributed by atoms with Crippen molar-refractivity contribution in [3.05, 3.63) is 23.8 Å². The molecule has 0 bridgehead atoms. The maximum atomic E-state index is 9.89. The first-order chi connectivity index (χ1) is 7.15. The number of hydrogen-bond acceptors (Lipinski definition) is 3. The zero-order valence-corrected chi connectivity index (χ0v) is 8.99. The van der Waals surface area contributed by atoms with Gasteiger partial charge in [-0.15, -0.1) is 0 Å². The first-order valence-electron chi connectivity index (χ1n) is 5.32. The molecule has 0 heterocycles. The van der Waals surface area contributed by atoms with E-state index in [2.05, 4.69) is 0 Å². The minimum Gasteiger partial charge on any atom is -0.507 e. The predicted molar refractivity (Wildman–Crippen MR) is 59.0 cm³/mol. The molecule has 3 heteroatoms. The van der Waals surface area contributed by atoms with Crippen molar-refractivity contribution in [3.8, 4) is 11.5 Å². The SMILES string of the molecule is COc1ccc(C2(N)CCCC2)c(O)c1. The van der Waals surface area contributed by atoms with E-state index in [1.807, 2.05) is 12.1 Å². The number of benzene rings is 1. The normalized spacial score (nSPS) is 19.1. The van der Waals surface area contributed by atoms with Crippen LogP contribution in [0.5, 0.6) is 11.5 Å². The molecule has 0 radical (unpaired) electrons. The van der Waals surface area contributed by atoms with Crippen LogP contribution in [0.15, 0.2) is 18.2 Å². The number of ether oxygens (including phenoxy) is 1. The summed E-state index contributed by atoms with van der Waals surface area (Å²) in [5, 5.41) is 9.89. The van der Waals surface area contributed by atoms with Crippen LogP contribution in [0.2, 0.25) is 0 Å². The Morgan fingerprint density at radius 3 is 2.53 bits per heavy atom. The van der Waals surface area contributed by atoms with E-state index in [1.165, 1.54) is 0 Å². The molecule has 1 fully saturated rings. The molecule has 0 unspecified atom stereocenters. The summed E-state index contributed by atoms with van der Waals surface area (Å²) in [5.74, 6) is 0.914. The number of aromatic hydroxyl groups is 1. The summed E-state index contributed by atoms with van der Waals surface area (Å²) in [5.41, 5.74) is 6.78. The van der Waals surface area contributed by atoms with E-state index < -0.39 is 0 Å². The Balaban J connectivity index is 2.36. The van der Waals surface area contributed by atoms with Gasteiger partial charge in [0.15, 0.2) is 0 Å². The Labute approximate surface area is 89.9 Å². The van der Waals surface area contributed by atoms with Gasteiger partial charge in [0.1, 0.15) is 11.5 Å². The number of phenols is 1. The van der Waals surface area contributed by atoms with Crippen molar-refractivity contribution in [1.29, 1.82) is 0 Å². The maximum Gasteiger partial charge on any atom is 0.124 e. The average Bonchev–Trinajstić information content (AvgIpc) is 2.65. The minimum atomic E-state index is -0.337. The van der Waals surface area contributed by atoms with Gasteiger partial charge in [0.05, 0.1) is 7.11 Å². The van der Waals surface area contributed by atoms with Crippen LogP contribution in [0, 0.1) is 0 Å². The van der Waals surface area contributed by atoms with Gasteiger partial charge in [-0.05, 0) is 25.0 Å². The van der Waals surface area contributed by atoms with Crippen LogP contribution in [0.3, 0.4) is 0 Å². The first-order valence-corrected chi connectivity index (χ1v) is 5.32. The molecule has 0 aromatic heterocycles. The maximum absolute atomic E-state index is 9.89. The van der Waals surface area contributed by atoms with Crippen molar-refractivity contribution in [2.75, 3.05) is 7.11 Å². The van der Waals surface area contributed by atoms with Gasteiger partial charge < -0.3 is 15.6 Å². The fraction of sp³-hybridized carbons (Fsp3) is 0.500. The first kappa shape index (κ1) is 10.3. The van der Waals surface area contributed by atoms with E-state index in [0.717, 1.165) is 31.2 Å². The number of phenolic OH excluding ortho intramolecular Hbond substituents is 1. The number of rotatable bonds is 2. The average molecular weight is 207 g/mol. The second-order valence-corrected chi connectivity index (χ2v) is 4.25. The van der Waals surface area contributed by atoms with E-state index in [4.69, 9.17) is 10.5 Å². The molecule has 82 valence electrons. The van der Waals surface area contributed by atoms with Crippen LogP contribution in [-0.4, -0.2) is 12.2 Å². The third-order valence-corrected chi connectivity index (χ3v) is 3.24. The minimum absolute atomic E-state index is 0.249. The molecular formula is C12H17NO2. The summed E-state index contributed by atoms with van der Waals surface area (Å²) < 4.78 is 5.04. The Kier molecular flexibility index (Phi) is 2.57. The predicted octanol–water partition coefficient (Wildman–Crippen LogP) is 2.13. The van der Waals surface area contributed by atoms with Gasteiger partial charge in [0.25, 0.3) is 0 Å². The van der Waals surface area contributed by atoms with Crippen molar-refractivity contribution in [2.45, 2.75) is 31.2 Å². The molecule has 1 aromatic carbocycles. The molecular weight excluding hydrogens is 190 g/mol. The van der Waals surface area contributed by atoms with Gasteiger partial charge in [-0.1, -0.05) is 12.8 Å². The molecule has 0 amide bonds. The zero-order valence-electron chi connectivity index (χ0n) is 8.99. The largest absolute Gasteiger partial charge is 0.507 e. The monoisotopic (exact) mass is 207 g/mol. The molecule has 0 atom stereocenters. The number of nitrogens with two attached hydrogens (primary N) is 1. The van der Waals surface area contributed by atoms with E-state index in [-0.39, 0.29) is 11.3 Å². The molecule has 0 aliphatic heterocycles. The molecule has 0 spiro atoms. The molecule has 1 aromatic rings. The molecule has 15 heavy (non-hydrogen) atoms. The molecule has 2 rings (SSSR count). The van der Waals surface area contributed by atoms with Gasteiger partial charge in [-0.25, -0.2) is 0 Å². The number of hydrogen-bond donors (Lipinski definition) is 2. The van der Waals surface area contributed by atoms with E-state index in [1.54, 1.807) is 13.2 Å². The molecule has 3 N–H and O–H groups in total. The lowest BCUT2D eigenvalue weighted by atomic mass is 9.88. The highest BCUT2D eigenvalue weighted by molar-refractivity contribution is 5.44. The fourth-order valence-corrected chi connectivity index (χ4v) is 2.33. The van der Waals surface area contributed by atoms with Crippen LogP contribution in [0.4, 0.5) is 0 Å². The zero-order chi connectivity index (χ0) is 10.9. The standard InChI is InChI=1S/C12H17NO2/c1-15-9-4-5-10(11(14)8-9)12(13)6-2-3-7-12/h4-5,8,14H,2-3,6-7,13H2,1H3. The Bertz CT molecular complexity index is 357. The summed E-state index contributed by atoms with van der Waals surface area (Å²) >= 11 is 0. The Morgan fingerprint density at radius 2 is 2.00 bits per heavy atom. The summed E-state index contributed by atoms with van der Waals surface area (Å²) in [4.78, 5) is 0. The third-order valence-electron chi connectivity index (χ3n) is 3.24. The summed E-state index contributed by atoms with van der Waals surface area (Å²) in [7, 11) is 1.59. The van der Waals surface area contributed by atoms with E-state index >= 15 is 0 Å². The second-order valence-electron chi connectivity index (χ2n) is 4.25. The Hall–Kier alpha value is -1.22. The van der Waals surface area contributed by atoms with Crippen molar-refractivity contribution in [3.63, 3.8) is 0 Å². The molecule has 1 aliphatic carbocycles. The molecule has 1 saturated carbocycles.